The first kappa shape index (κ1) is 21.9. The number of ether oxygens (including phenoxy) is 3. The van der Waals surface area contributed by atoms with Gasteiger partial charge >= 0.3 is 0 Å². The van der Waals surface area contributed by atoms with E-state index in [1.807, 2.05) is 84.9 Å². The van der Waals surface area contributed by atoms with Crippen molar-refractivity contribution in [3.05, 3.63) is 102 Å². The normalized spacial score (nSPS) is 10.8. The van der Waals surface area contributed by atoms with E-state index in [9.17, 15) is 4.79 Å². The molecule has 0 aliphatic rings. The van der Waals surface area contributed by atoms with Gasteiger partial charge in [-0.1, -0.05) is 66.7 Å². The first-order valence-corrected chi connectivity index (χ1v) is 10.5. The van der Waals surface area contributed by atoms with Crippen molar-refractivity contribution in [2.24, 2.45) is 5.10 Å². The lowest BCUT2D eigenvalue weighted by atomic mass is 10.1. The number of nitrogens with zero attached hydrogens (tertiary/aromatic N) is 1. The summed E-state index contributed by atoms with van der Waals surface area (Å²) >= 11 is 0. The van der Waals surface area contributed by atoms with Gasteiger partial charge in [0.1, 0.15) is 12.4 Å². The van der Waals surface area contributed by atoms with E-state index in [0.29, 0.717) is 23.9 Å². The van der Waals surface area contributed by atoms with Gasteiger partial charge in [0.2, 0.25) is 0 Å². The zero-order valence-electron chi connectivity index (χ0n) is 18.2. The van der Waals surface area contributed by atoms with Crippen molar-refractivity contribution in [3.63, 3.8) is 0 Å². The standard InChI is InChI=1S/C27H24N2O4/c1-31-26-16-21(14-15-25(26)32-18-20-8-3-2-4-9-20)17-28-29-27(30)19-33-24-13-7-11-22-10-5-6-12-23(22)24/h2-17H,18-19H2,1H3,(H,29,30). The summed E-state index contributed by atoms with van der Waals surface area (Å²) in [6, 6.07) is 28.9. The van der Waals surface area contributed by atoms with Crippen LogP contribution in [0.15, 0.2) is 96.1 Å². The van der Waals surface area contributed by atoms with Gasteiger partial charge in [0.25, 0.3) is 5.91 Å². The van der Waals surface area contributed by atoms with Crippen molar-refractivity contribution in [3.8, 4) is 17.2 Å². The number of carbonyl (C=O) groups excluding carboxylic acids is 1. The Morgan fingerprint density at radius 2 is 1.64 bits per heavy atom. The molecule has 0 atom stereocenters. The number of hydrazone groups is 1. The van der Waals surface area contributed by atoms with Gasteiger partial charge < -0.3 is 14.2 Å². The van der Waals surface area contributed by atoms with Crippen LogP contribution in [0.3, 0.4) is 0 Å². The number of rotatable bonds is 9. The predicted octanol–water partition coefficient (Wildman–Crippen LogP) is 4.96. The quantitative estimate of drug-likeness (QED) is 0.295. The average molecular weight is 440 g/mol. The number of fused-ring (bicyclic) bond motifs is 1. The molecule has 33 heavy (non-hydrogen) atoms. The first-order valence-electron chi connectivity index (χ1n) is 10.5. The van der Waals surface area contributed by atoms with Crippen LogP contribution in [-0.4, -0.2) is 25.8 Å². The molecule has 166 valence electrons. The maximum Gasteiger partial charge on any atom is 0.277 e. The van der Waals surface area contributed by atoms with Crippen LogP contribution in [-0.2, 0) is 11.4 Å². The van der Waals surface area contributed by atoms with Crippen molar-refractivity contribution >= 4 is 22.9 Å². The molecule has 4 aromatic rings. The highest BCUT2D eigenvalue weighted by Gasteiger charge is 2.07. The van der Waals surface area contributed by atoms with E-state index < -0.39 is 0 Å². The summed E-state index contributed by atoms with van der Waals surface area (Å²) in [7, 11) is 1.58. The highest BCUT2D eigenvalue weighted by molar-refractivity contribution is 5.89. The molecule has 0 fully saturated rings. The highest BCUT2D eigenvalue weighted by atomic mass is 16.5. The number of nitrogens with one attached hydrogen (secondary N) is 1. The summed E-state index contributed by atoms with van der Waals surface area (Å²) in [6.45, 7) is 0.304. The van der Waals surface area contributed by atoms with Gasteiger partial charge in [-0.25, -0.2) is 5.43 Å². The molecule has 0 unspecified atom stereocenters. The van der Waals surface area contributed by atoms with Gasteiger partial charge in [0.15, 0.2) is 18.1 Å². The molecule has 0 saturated carbocycles. The number of benzene rings is 4. The third kappa shape index (κ3) is 5.89. The molecule has 0 radical (unpaired) electrons. The van der Waals surface area contributed by atoms with E-state index in [1.54, 1.807) is 19.4 Å². The molecule has 4 rings (SSSR count). The fraction of sp³-hybridized carbons (Fsp3) is 0.111. The lowest BCUT2D eigenvalue weighted by molar-refractivity contribution is -0.123. The minimum atomic E-state index is -0.353. The van der Waals surface area contributed by atoms with Gasteiger partial charge in [0.05, 0.1) is 13.3 Å². The van der Waals surface area contributed by atoms with Crippen molar-refractivity contribution in [2.45, 2.75) is 6.61 Å². The van der Waals surface area contributed by atoms with E-state index >= 15 is 0 Å². The second-order valence-electron chi connectivity index (χ2n) is 7.24. The fourth-order valence-electron chi connectivity index (χ4n) is 3.29. The van der Waals surface area contributed by atoms with Gasteiger partial charge in [0, 0.05) is 5.39 Å². The molecule has 1 amide bonds. The number of carbonyl (C=O) groups is 1. The van der Waals surface area contributed by atoms with Crippen LogP contribution in [0.5, 0.6) is 17.2 Å². The molecule has 4 aromatic carbocycles. The lowest BCUT2D eigenvalue weighted by Gasteiger charge is -2.11. The number of methoxy groups -OCH3 is 1. The van der Waals surface area contributed by atoms with Crippen molar-refractivity contribution in [1.82, 2.24) is 5.43 Å². The molecule has 6 heteroatoms. The van der Waals surface area contributed by atoms with Crippen LogP contribution in [0, 0.1) is 0 Å². The Labute approximate surface area is 192 Å². The van der Waals surface area contributed by atoms with E-state index in [2.05, 4.69) is 10.5 Å². The molecule has 0 saturated heterocycles. The minimum absolute atomic E-state index is 0.138. The molecule has 6 nitrogen and oxygen atoms in total. The number of hydrogen-bond acceptors (Lipinski definition) is 5. The third-order valence-corrected chi connectivity index (χ3v) is 4.94. The molecule has 0 spiro atoms. The lowest BCUT2D eigenvalue weighted by Crippen LogP contribution is -2.24. The number of hydrogen-bond donors (Lipinski definition) is 1. The molecular formula is C27H24N2O4. The Hall–Kier alpha value is -4.32. The van der Waals surface area contributed by atoms with Gasteiger partial charge in [-0.15, -0.1) is 0 Å². The molecule has 0 bridgehead atoms. The summed E-state index contributed by atoms with van der Waals surface area (Å²) < 4.78 is 17.0. The Balaban J connectivity index is 1.31. The fourth-order valence-corrected chi connectivity index (χ4v) is 3.29. The maximum absolute atomic E-state index is 12.1. The van der Waals surface area contributed by atoms with Crippen LogP contribution >= 0.6 is 0 Å². The van der Waals surface area contributed by atoms with E-state index in [0.717, 1.165) is 21.9 Å². The zero-order chi connectivity index (χ0) is 22.9. The molecule has 0 heterocycles. The SMILES string of the molecule is COc1cc(C=NNC(=O)COc2cccc3ccccc23)ccc1OCc1ccccc1. The van der Waals surface area contributed by atoms with E-state index in [1.165, 1.54) is 0 Å². The summed E-state index contributed by atoms with van der Waals surface area (Å²) in [5.74, 6) is 1.52. The predicted molar refractivity (Wildman–Crippen MR) is 129 cm³/mol. The third-order valence-electron chi connectivity index (χ3n) is 4.94. The summed E-state index contributed by atoms with van der Waals surface area (Å²) in [5.41, 5.74) is 4.31. The van der Waals surface area contributed by atoms with E-state index in [-0.39, 0.29) is 12.5 Å². The average Bonchev–Trinajstić information content (AvgIpc) is 2.87. The van der Waals surface area contributed by atoms with Crippen molar-refractivity contribution < 1.29 is 19.0 Å². The molecule has 0 aromatic heterocycles. The Bertz CT molecular complexity index is 1250. The van der Waals surface area contributed by atoms with Crippen LogP contribution in [0.25, 0.3) is 10.8 Å². The van der Waals surface area contributed by atoms with Crippen LogP contribution in [0.1, 0.15) is 11.1 Å². The van der Waals surface area contributed by atoms with Crippen LogP contribution in [0.2, 0.25) is 0 Å². The monoisotopic (exact) mass is 440 g/mol. The van der Waals surface area contributed by atoms with E-state index in [4.69, 9.17) is 14.2 Å². The highest BCUT2D eigenvalue weighted by Crippen LogP contribution is 2.28. The zero-order valence-corrected chi connectivity index (χ0v) is 18.2. The molecular weight excluding hydrogens is 416 g/mol. The van der Waals surface area contributed by atoms with Gasteiger partial charge in [-0.3, -0.25) is 4.79 Å². The summed E-state index contributed by atoms with van der Waals surface area (Å²) in [4.78, 5) is 12.1. The number of amides is 1. The Morgan fingerprint density at radius 1 is 0.848 bits per heavy atom. The van der Waals surface area contributed by atoms with Crippen LogP contribution < -0.4 is 19.6 Å². The van der Waals surface area contributed by atoms with Gasteiger partial charge in [-0.2, -0.15) is 5.10 Å². The van der Waals surface area contributed by atoms with Crippen LogP contribution in [0.4, 0.5) is 0 Å². The summed E-state index contributed by atoms with van der Waals surface area (Å²) in [5, 5.41) is 6.02. The molecule has 0 aliphatic carbocycles. The molecule has 0 aliphatic heterocycles. The van der Waals surface area contributed by atoms with Crippen molar-refractivity contribution in [2.75, 3.05) is 13.7 Å². The maximum atomic E-state index is 12.1. The summed E-state index contributed by atoms with van der Waals surface area (Å²) in [6.07, 6.45) is 1.54. The second-order valence-corrected chi connectivity index (χ2v) is 7.24. The van der Waals surface area contributed by atoms with Crippen molar-refractivity contribution in [1.29, 1.82) is 0 Å². The second kappa shape index (κ2) is 10.8. The molecule has 1 N–H and O–H groups in total. The first-order chi connectivity index (χ1) is 16.2. The minimum Gasteiger partial charge on any atom is -0.493 e. The topological polar surface area (TPSA) is 69.2 Å². The Morgan fingerprint density at radius 3 is 2.48 bits per heavy atom. The Kier molecular flexibility index (Phi) is 7.18. The van der Waals surface area contributed by atoms with Gasteiger partial charge in [-0.05, 0) is 40.8 Å². The largest absolute Gasteiger partial charge is 0.493 e. The smallest absolute Gasteiger partial charge is 0.277 e.